The summed E-state index contributed by atoms with van der Waals surface area (Å²) < 4.78 is 0. The molecule has 0 amide bonds. The van der Waals surface area contributed by atoms with Gasteiger partial charge in [0.15, 0.2) is 0 Å². The fourth-order valence-corrected chi connectivity index (χ4v) is 2.52. The summed E-state index contributed by atoms with van der Waals surface area (Å²) in [6.07, 6.45) is 7.04. The largest absolute Gasteiger partial charge is 0.481 e. The van der Waals surface area contributed by atoms with Gasteiger partial charge in [-0.05, 0) is 24.7 Å². The second-order valence-electron chi connectivity index (χ2n) is 4.86. The van der Waals surface area contributed by atoms with Gasteiger partial charge >= 0.3 is 5.97 Å². The standard InChI is InChI=1S/C13H20O3/c1-3-4-5-6-10-11(14)7-8-13(10,2)9-12(15)16/h4-5,10H,3,6-9H2,1-2H3,(H,15,16)/t10-,13+/m0/s1. The maximum Gasteiger partial charge on any atom is 0.303 e. The van der Waals surface area contributed by atoms with E-state index in [0.29, 0.717) is 19.3 Å². The normalized spacial score (nSPS) is 30.1. The molecule has 0 heterocycles. The lowest BCUT2D eigenvalue weighted by Gasteiger charge is -2.27. The number of rotatable bonds is 5. The molecule has 1 aliphatic carbocycles. The summed E-state index contributed by atoms with van der Waals surface area (Å²) in [7, 11) is 0. The van der Waals surface area contributed by atoms with Crippen LogP contribution in [0.15, 0.2) is 12.2 Å². The number of carbonyl (C=O) groups is 2. The second-order valence-corrected chi connectivity index (χ2v) is 4.86. The first kappa shape index (κ1) is 12.9. The summed E-state index contributed by atoms with van der Waals surface area (Å²) in [5.74, 6) is -0.683. The van der Waals surface area contributed by atoms with Crippen LogP contribution in [0.3, 0.4) is 0 Å². The molecule has 0 unspecified atom stereocenters. The minimum atomic E-state index is -0.804. The van der Waals surface area contributed by atoms with Crippen LogP contribution in [0, 0.1) is 11.3 Å². The van der Waals surface area contributed by atoms with E-state index in [2.05, 4.69) is 0 Å². The van der Waals surface area contributed by atoms with Gasteiger partial charge in [0.25, 0.3) is 0 Å². The molecule has 0 bridgehead atoms. The molecule has 0 spiro atoms. The summed E-state index contributed by atoms with van der Waals surface area (Å²) >= 11 is 0. The average molecular weight is 224 g/mol. The molecular weight excluding hydrogens is 204 g/mol. The highest BCUT2D eigenvalue weighted by Crippen LogP contribution is 2.45. The highest BCUT2D eigenvalue weighted by Gasteiger charge is 2.44. The zero-order valence-corrected chi connectivity index (χ0v) is 10.0. The molecule has 3 nitrogen and oxygen atoms in total. The van der Waals surface area contributed by atoms with Gasteiger partial charge in [-0.2, -0.15) is 0 Å². The second kappa shape index (κ2) is 5.28. The number of hydrogen-bond acceptors (Lipinski definition) is 2. The summed E-state index contributed by atoms with van der Waals surface area (Å²) in [5.41, 5.74) is -0.346. The molecule has 16 heavy (non-hydrogen) atoms. The summed E-state index contributed by atoms with van der Waals surface area (Å²) in [6, 6.07) is 0. The molecule has 3 heteroatoms. The zero-order chi connectivity index (χ0) is 12.2. The van der Waals surface area contributed by atoms with Crippen LogP contribution >= 0.6 is 0 Å². The molecule has 0 aromatic heterocycles. The number of hydrogen-bond donors (Lipinski definition) is 1. The van der Waals surface area contributed by atoms with Gasteiger partial charge in [0.2, 0.25) is 0 Å². The van der Waals surface area contributed by atoms with Gasteiger partial charge in [0.05, 0.1) is 6.42 Å². The van der Waals surface area contributed by atoms with Crippen LogP contribution in [0.25, 0.3) is 0 Å². The number of Topliss-reactive ketones (excluding diaryl/α,β-unsaturated/α-hetero) is 1. The van der Waals surface area contributed by atoms with Gasteiger partial charge in [0, 0.05) is 12.3 Å². The third-order valence-electron chi connectivity index (χ3n) is 3.50. The maximum absolute atomic E-state index is 11.7. The Hall–Kier alpha value is -1.12. The minimum absolute atomic E-state index is 0.101. The fraction of sp³-hybridized carbons (Fsp3) is 0.692. The molecule has 1 rings (SSSR count). The summed E-state index contributed by atoms with van der Waals surface area (Å²) in [5, 5.41) is 8.89. The van der Waals surface area contributed by atoms with E-state index in [-0.39, 0.29) is 23.5 Å². The number of carbonyl (C=O) groups excluding carboxylic acids is 1. The molecule has 0 aliphatic heterocycles. The van der Waals surface area contributed by atoms with Gasteiger partial charge < -0.3 is 5.11 Å². The van der Waals surface area contributed by atoms with Crippen LogP contribution in [0.2, 0.25) is 0 Å². The number of aliphatic carboxylic acids is 1. The van der Waals surface area contributed by atoms with Crippen LogP contribution in [0.5, 0.6) is 0 Å². The molecular formula is C13H20O3. The van der Waals surface area contributed by atoms with Gasteiger partial charge in [-0.15, -0.1) is 0 Å². The first-order chi connectivity index (χ1) is 7.49. The van der Waals surface area contributed by atoms with E-state index in [1.807, 2.05) is 26.0 Å². The fourth-order valence-electron chi connectivity index (χ4n) is 2.52. The van der Waals surface area contributed by atoms with Crippen molar-refractivity contribution in [2.45, 2.75) is 46.0 Å². The van der Waals surface area contributed by atoms with Crippen LogP contribution in [0.1, 0.15) is 46.0 Å². The van der Waals surface area contributed by atoms with E-state index >= 15 is 0 Å². The van der Waals surface area contributed by atoms with Crippen molar-refractivity contribution in [3.8, 4) is 0 Å². The van der Waals surface area contributed by atoms with Crippen molar-refractivity contribution in [2.24, 2.45) is 11.3 Å². The first-order valence-electron chi connectivity index (χ1n) is 5.89. The summed E-state index contributed by atoms with van der Waals surface area (Å²) in [4.78, 5) is 22.6. The Balaban J connectivity index is 2.72. The topological polar surface area (TPSA) is 54.4 Å². The van der Waals surface area contributed by atoms with Gasteiger partial charge in [0.1, 0.15) is 5.78 Å². The molecule has 0 saturated heterocycles. The Bertz CT molecular complexity index is 306. The lowest BCUT2D eigenvalue weighted by atomic mass is 9.75. The zero-order valence-electron chi connectivity index (χ0n) is 10.0. The van der Waals surface area contributed by atoms with Crippen molar-refractivity contribution in [3.05, 3.63) is 12.2 Å². The van der Waals surface area contributed by atoms with Crippen LogP contribution < -0.4 is 0 Å². The van der Waals surface area contributed by atoms with Crippen molar-refractivity contribution in [2.75, 3.05) is 0 Å². The number of ketones is 1. The Morgan fingerprint density at radius 1 is 1.56 bits per heavy atom. The third kappa shape index (κ3) is 2.94. The van der Waals surface area contributed by atoms with E-state index in [1.54, 1.807) is 0 Å². The van der Waals surface area contributed by atoms with E-state index in [9.17, 15) is 9.59 Å². The van der Waals surface area contributed by atoms with Crippen LogP contribution in [0.4, 0.5) is 0 Å². The molecule has 90 valence electrons. The Morgan fingerprint density at radius 3 is 2.81 bits per heavy atom. The highest BCUT2D eigenvalue weighted by molar-refractivity contribution is 5.85. The molecule has 0 aromatic rings. The van der Waals surface area contributed by atoms with Crippen LogP contribution in [-0.2, 0) is 9.59 Å². The first-order valence-corrected chi connectivity index (χ1v) is 5.89. The minimum Gasteiger partial charge on any atom is -0.481 e. The van der Waals surface area contributed by atoms with Crippen molar-refractivity contribution < 1.29 is 14.7 Å². The lowest BCUT2D eigenvalue weighted by Crippen LogP contribution is -2.28. The molecule has 0 radical (unpaired) electrons. The lowest BCUT2D eigenvalue weighted by molar-refractivity contribution is -0.140. The maximum atomic E-state index is 11.7. The highest BCUT2D eigenvalue weighted by atomic mass is 16.4. The van der Waals surface area contributed by atoms with Gasteiger partial charge in [-0.1, -0.05) is 26.0 Å². The van der Waals surface area contributed by atoms with Gasteiger partial charge in [-0.25, -0.2) is 0 Å². The molecule has 0 aromatic carbocycles. The third-order valence-corrected chi connectivity index (χ3v) is 3.50. The molecule has 1 N–H and O–H groups in total. The van der Waals surface area contributed by atoms with E-state index in [1.165, 1.54) is 0 Å². The van der Waals surface area contributed by atoms with Crippen molar-refractivity contribution >= 4 is 11.8 Å². The predicted octanol–water partition coefficient (Wildman–Crippen LogP) is 2.80. The molecule has 1 saturated carbocycles. The Kier molecular flexibility index (Phi) is 4.27. The Labute approximate surface area is 96.5 Å². The van der Waals surface area contributed by atoms with E-state index < -0.39 is 5.97 Å². The number of carboxylic acid groups (broad SMARTS) is 1. The number of carboxylic acids is 1. The number of allylic oxidation sites excluding steroid dienone is 2. The van der Waals surface area contributed by atoms with Crippen molar-refractivity contribution in [1.29, 1.82) is 0 Å². The quantitative estimate of drug-likeness (QED) is 0.730. The molecule has 2 atom stereocenters. The van der Waals surface area contributed by atoms with E-state index in [4.69, 9.17) is 5.11 Å². The van der Waals surface area contributed by atoms with Crippen LogP contribution in [-0.4, -0.2) is 16.9 Å². The van der Waals surface area contributed by atoms with E-state index in [0.717, 1.165) is 6.42 Å². The SMILES string of the molecule is CCC=CC[C@H]1C(=O)CC[C@]1(C)CC(=O)O. The predicted molar refractivity (Wildman–Crippen MR) is 62.1 cm³/mol. The molecule has 1 aliphatic rings. The van der Waals surface area contributed by atoms with Gasteiger partial charge in [-0.3, -0.25) is 9.59 Å². The Morgan fingerprint density at radius 2 is 2.25 bits per heavy atom. The monoisotopic (exact) mass is 224 g/mol. The summed E-state index contributed by atoms with van der Waals surface area (Å²) in [6.45, 7) is 3.97. The van der Waals surface area contributed by atoms with Crippen molar-refractivity contribution in [1.82, 2.24) is 0 Å². The molecule has 1 fully saturated rings. The smallest absolute Gasteiger partial charge is 0.303 e. The average Bonchev–Trinajstić information content (AvgIpc) is 2.44. The van der Waals surface area contributed by atoms with Crippen molar-refractivity contribution in [3.63, 3.8) is 0 Å².